The van der Waals surface area contributed by atoms with Crippen LogP contribution in [0.2, 0.25) is 0 Å². The highest BCUT2D eigenvalue weighted by atomic mass is 32.2. The van der Waals surface area contributed by atoms with Gasteiger partial charge in [-0.2, -0.15) is 0 Å². The fourth-order valence-corrected chi connectivity index (χ4v) is 2.85. The lowest BCUT2D eigenvalue weighted by molar-refractivity contribution is -0.127. The zero-order valence-corrected chi connectivity index (χ0v) is 15.1. The van der Waals surface area contributed by atoms with Crippen molar-refractivity contribution in [2.75, 3.05) is 19.4 Å². The van der Waals surface area contributed by atoms with Crippen LogP contribution >= 0.6 is 11.8 Å². The van der Waals surface area contributed by atoms with Crippen molar-refractivity contribution < 1.29 is 14.3 Å². The van der Waals surface area contributed by atoms with E-state index >= 15 is 0 Å². The zero-order chi connectivity index (χ0) is 17.4. The van der Waals surface area contributed by atoms with E-state index in [0.29, 0.717) is 18.0 Å². The molecule has 4 nitrogen and oxygen atoms in total. The molecular weight excluding hydrogens is 322 g/mol. The Bertz CT molecular complexity index is 658. The molecule has 0 heterocycles. The lowest BCUT2D eigenvalue weighted by Crippen LogP contribution is -2.37. The third kappa shape index (κ3) is 5.49. The second-order valence-corrected chi connectivity index (χ2v) is 6.53. The molecule has 5 heteroatoms. The lowest BCUT2D eigenvalue weighted by atomic mass is 10.2. The highest BCUT2D eigenvalue weighted by Crippen LogP contribution is 2.26. The highest BCUT2D eigenvalue weighted by molar-refractivity contribution is 7.99. The van der Waals surface area contributed by atoms with Gasteiger partial charge in [-0.1, -0.05) is 29.8 Å². The summed E-state index contributed by atoms with van der Waals surface area (Å²) in [6.45, 7) is 4.39. The molecule has 0 saturated carbocycles. The van der Waals surface area contributed by atoms with E-state index in [4.69, 9.17) is 9.47 Å². The Morgan fingerprint density at radius 1 is 1.12 bits per heavy atom. The molecule has 0 radical (unpaired) electrons. The van der Waals surface area contributed by atoms with Gasteiger partial charge in [0.1, 0.15) is 0 Å². The summed E-state index contributed by atoms with van der Waals surface area (Å²) in [6.07, 6.45) is -0.578. The average Bonchev–Trinajstić information content (AvgIpc) is 2.60. The molecule has 0 unspecified atom stereocenters. The molecule has 0 saturated heterocycles. The third-order valence-electron chi connectivity index (χ3n) is 3.43. The number of rotatable bonds is 8. The minimum Gasteiger partial charge on any atom is -0.493 e. The summed E-state index contributed by atoms with van der Waals surface area (Å²) < 4.78 is 10.9. The lowest BCUT2D eigenvalue weighted by Gasteiger charge is -2.16. The monoisotopic (exact) mass is 345 g/mol. The number of hydrogen-bond donors (Lipinski definition) is 1. The number of carbonyl (C=O) groups excluding carboxylic acids is 1. The van der Waals surface area contributed by atoms with Gasteiger partial charge in [-0.25, -0.2) is 0 Å². The Hall–Kier alpha value is -2.14. The predicted octanol–water partition coefficient (Wildman–Crippen LogP) is 3.68. The summed E-state index contributed by atoms with van der Waals surface area (Å²) in [7, 11) is 1.58. The molecule has 2 rings (SSSR count). The quantitative estimate of drug-likeness (QED) is 0.586. The van der Waals surface area contributed by atoms with Gasteiger partial charge in [-0.3, -0.25) is 4.79 Å². The normalized spacial score (nSPS) is 11.6. The van der Waals surface area contributed by atoms with Crippen LogP contribution < -0.4 is 14.8 Å². The van der Waals surface area contributed by atoms with Gasteiger partial charge in [0.15, 0.2) is 17.6 Å². The number of ether oxygens (including phenoxy) is 2. The van der Waals surface area contributed by atoms with E-state index in [9.17, 15) is 4.79 Å². The number of thioether (sulfide) groups is 1. The molecule has 0 aromatic heterocycles. The maximum atomic E-state index is 12.1. The van der Waals surface area contributed by atoms with Crippen molar-refractivity contribution in [2.24, 2.45) is 0 Å². The molecule has 128 valence electrons. The Morgan fingerprint density at radius 3 is 2.46 bits per heavy atom. The van der Waals surface area contributed by atoms with E-state index in [1.165, 1.54) is 10.5 Å². The van der Waals surface area contributed by atoms with Gasteiger partial charge in [-0.15, -0.1) is 11.8 Å². The first-order valence-corrected chi connectivity index (χ1v) is 8.85. The van der Waals surface area contributed by atoms with Crippen LogP contribution in [-0.4, -0.2) is 31.4 Å². The number of para-hydroxylation sites is 2. The fourth-order valence-electron chi connectivity index (χ4n) is 2.08. The molecule has 1 amide bonds. The van der Waals surface area contributed by atoms with Gasteiger partial charge in [0.2, 0.25) is 0 Å². The molecular formula is C19H23NO3S. The SMILES string of the molecule is COc1ccccc1O[C@@H](C)C(=O)NCCSc1ccc(C)cc1. The number of methoxy groups -OCH3 is 1. The van der Waals surface area contributed by atoms with Crippen molar-refractivity contribution in [3.63, 3.8) is 0 Å². The molecule has 24 heavy (non-hydrogen) atoms. The second-order valence-electron chi connectivity index (χ2n) is 5.36. The number of amides is 1. The van der Waals surface area contributed by atoms with Crippen LogP contribution in [0.4, 0.5) is 0 Å². The fraction of sp³-hybridized carbons (Fsp3) is 0.316. The largest absolute Gasteiger partial charge is 0.493 e. The summed E-state index contributed by atoms with van der Waals surface area (Å²) in [4.78, 5) is 13.3. The summed E-state index contributed by atoms with van der Waals surface area (Å²) in [5.74, 6) is 1.87. The standard InChI is InChI=1S/C19H23NO3S/c1-14-8-10-16(11-9-14)24-13-12-20-19(21)15(2)23-18-7-5-4-6-17(18)22-3/h4-11,15H,12-13H2,1-3H3,(H,20,21)/t15-/m0/s1. The predicted molar refractivity (Wildman–Crippen MR) is 98.0 cm³/mol. The topological polar surface area (TPSA) is 47.6 Å². The van der Waals surface area contributed by atoms with Gasteiger partial charge >= 0.3 is 0 Å². The van der Waals surface area contributed by atoms with Gasteiger partial charge < -0.3 is 14.8 Å². The average molecular weight is 345 g/mol. The maximum absolute atomic E-state index is 12.1. The third-order valence-corrected chi connectivity index (χ3v) is 4.45. The molecule has 2 aromatic rings. The van der Waals surface area contributed by atoms with Gasteiger partial charge in [0, 0.05) is 17.2 Å². The van der Waals surface area contributed by atoms with Crippen molar-refractivity contribution in [2.45, 2.75) is 24.8 Å². The first-order valence-electron chi connectivity index (χ1n) is 7.87. The van der Waals surface area contributed by atoms with Crippen LogP contribution in [0, 0.1) is 6.92 Å². The second kappa shape index (κ2) is 9.23. The zero-order valence-electron chi connectivity index (χ0n) is 14.2. The Labute approximate surface area is 147 Å². The minimum absolute atomic E-state index is 0.134. The smallest absolute Gasteiger partial charge is 0.260 e. The Kier molecular flexibility index (Phi) is 7.00. The van der Waals surface area contributed by atoms with Crippen molar-refractivity contribution in [1.29, 1.82) is 0 Å². The van der Waals surface area contributed by atoms with Crippen LogP contribution in [0.25, 0.3) is 0 Å². The van der Waals surface area contributed by atoms with Gasteiger partial charge in [0.25, 0.3) is 5.91 Å². The van der Waals surface area contributed by atoms with E-state index in [2.05, 4.69) is 36.5 Å². The van der Waals surface area contributed by atoms with Crippen LogP contribution in [0.5, 0.6) is 11.5 Å². The van der Waals surface area contributed by atoms with E-state index in [-0.39, 0.29) is 5.91 Å². The molecule has 0 aliphatic rings. The van der Waals surface area contributed by atoms with E-state index in [1.807, 2.05) is 12.1 Å². The summed E-state index contributed by atoms with van der Waals surface area (Å²) in [6, 6.07) is 15.7. The molecule has 0 spiro atoms. The van der Waals surface area contributed by atoms with Crippen LogP contribution in [0.1, 0.15) is 12.5 Å². The molecule has 0 bridgehead atoms. The van der Waals surface area contributed by atoms with Crippen molar-refractivity contribution in [3.8, 4) is 11.5 Å². The first-order chi connectivity index (χ1) is 11.6. The van der Waals surface area contributed by atoms with Gasteiger partial charge in [-0.05, 0) is 38.1 Å². The maximum Gasteiger partial charge on any atom is 0.260 e. The van der Waals surface area contributed by atoms with E-state index in [0.717, 1.165) is 5.75 Å². The number of benzene rings is 2. The minimum atomic E-state index is -0.578. The number of nitrogens with one attached hydrogen (secondary N) is 1. The number of carbonyl (C=O) groups is 1. The molecule has 0 fully saturated rings. The first kappa shape index (κ1) is 18.2. The summed E-state index contributed by atoms with van der Waals surface area (Å²) in [5, 5.41) is 2.90. The van der Waals surface area contributed by atoms with Crippen molar-refractivity contribution in [3.05, 3.63) is 54.1 Å². The number of hydrogen-bond acceptors (Lipinski definition) is 4. The molecule has 2 aromatic carbocycles. The highest BCUT2D eigenvalue weighted by Gasteiger charge is 2.16. The number of aryl methyl sites for hydroxylation is 1. The van der Waals surface area contributed by atoms with Crippen LogP contribution in [0.15, 0.2) is 53.4 Å². The van der Waals surface area contributed by atoms with Crippen molar-refractivity contribution >= 4 is 17.7 Å². The Balaban J connectivity index is 1.74. The van der Waals surface area contributed by atoms with Crippen LogP contribution in [0.3, 0.4) is 0 Å². The summed E-state index contributed by atoms with van der Waals surface area (Å²) in [5.41, 5.74) is 1.25. The van der Waals surface area contributed by atoms with Gasteiger partial charge in [0.05, 0.1) is 7.11 Å². The Morgan fingerprint density at radius 2 is 1.79 bits per heavy atom. The molecule has 0 aliphatic carbocycles. The molecule has 0 aliphatic heterocycles. The molecule has 1 atom stereocenters. The van der Waals surface area contributed by atoms with Crippen molar-refractivity contribution in [1.82, 2.24) is 5.32 Å². The van der Waals surface area contributed by atoms with E-state index < -0.39 is 6.10 Å². The summed E-state index contributed by atoms with van der Waals surface area (Å²) >= 11 is 1.72. The van der Waals surface area contributed by atoms with E-state index in [1.54, 1.807) is 37.9 Å². The molecule has 1 N–H and O–H groups in total. The van der Waals surface area contributed by atoms with Crippen LogP contribution in [-0.2, 0) is 4.79 Å².